The minimum Gasteiger partial charge on any atom is -0.463 e. The Morgan fingerprint density at radius 2 is 1.79 bits per heavy atom. The third kappa shape index (κ3) is 4.47. The van der Waals surface area contributed by atoms with E-state index in [0.717, 1.165) is 12.6 Å². The molecule has 2 rings (SSSR count). The summed E-state index contributed by atoms with van der Waals surface area (Å²) < 4.78 is 11.8. The average molecular weight is 406 g/mol. The molecule has 1 aromatic rings. The smallest absolute Gasteiger partial charge is 0.342 e. The Balaban J connectivity index is 2.61. The summed E-state index contributed by atoms with van der Waals surface area (Å²) in [6.07, 6.45) is 2.65. The number of nitrogens with zero attached hydrogens (tertiary/aromatic N) is 3. The van der Waals surface area contributed by atoms with Gasteiger partial charge in [0.2, 0.25) is 5.82 Å². The Labute approximate surface area is 168 Å². The van der Waals surface area contributed by atoms with E-state index in [1.165, 1.54) is 11.6 Å². The molecule has 158 valence electrons. The predicted molar refractivity (Wildman–Crippen MR) is 104 cm³/mol. The number of unbranched alkanes of at least 4 members (excludes halogenated alkanes) is 1. The first kappa shape index (κ1) is 22.1. The first-order chi connectivity index (χ1) is 13.7. The highest BCUT2D eigenvalue weighted by molar-refractivity contribution is 5.99. The standard InChI is InChI=1S/C19H26N4O6/c1-6-8-9-29-19(25)15-12(4)21-11(3)14(18(24)28-7-2)16(15)17-20-10-13(22(17)5)23(26)27/h10,16,21H,6-9H2,1-5H3. The molecule has 0 saturated heterocycles. The number of rotatable bonds is 8. The second-order valence-corrected chi connectivity index (χ2v) is 6.64. The number of carbonyl (C=O) groups is 2. The van der Waals surface area contributed by atoms with E-state index in [1.807, 2.05) is 6.92 Å². The SMILES string of the molecule is CCCCOC(=O)C1=C(C)NC(C)=C(C(=O)OCC)C1c1ncc([N+](=O)[O-])n1C. The quantitative estimate of drug-likeness (QED) is 0.302. The third-order valence-corrected chi connectivity index (χ3v) is 4.65. The van der Waals surface area contributed by atoms with Gasteiger partial charge >= 0.3 is 17.8 Å². The molecular formula is C19H26N4O6. The van der Waals surface area contributed by atoms with Crippen LogP contribution in [0.3, 0.4) is 0 Å². The molecule has 0 aromatic carbocycles. The van der Waals surface area contributed by atoms with Gasteiger partial charge in [0.05, 0.1) is 31.4 Å². The van der Waals surface area contributed by atoms with Gasteiger partial charge in [0, 0.05) is 11.4 Å². The van der Waals surface area contributed by atoms with Crippen LogP contribution in [0.1, 0.15) is 52.3 Å². The fraction of sp³-hybridized carbons (Fsp3) is 0.526. The number of nitro groups is 1. The van der Waals surface area contributed by atoms with E-state index in [9.17, 15) is 19.7 Å². The van der Waals surface area contributed by atoms with Crippen LogP contribution in [0.4, 0.5) is 5.82 Å². The first-order valence-corrected chi connectivity index (χ1v) is 9.43. The molecule has 1 unspecified atom stereocenters. The van der Waals surface area contributed by atoms with Crippen molar-refractivity contribution in [3.63, 3.8) is 0 Å². The van der Waals surface area contributed by atoms with Crippen molar-refractivity contribution in [1.82, 2.24) is 14.9 Å². The van der Waals surface area contributed by atoms with Crippen molar-refractivity contribution >= 4 is 17.8 Å². The second kappa shape index (κ2) is 9.35. The van der Waals surface area contributed by atoms with Crippen LogP contribution in [0.5, 0.6) is 0 Å². The Hall–Kier alpha value is -3.17. The van der Waals surface area contributed by atoms with Gasteiger partial charge in [-0.1, -0.05) is 13.3 Å². The minimum atomic E-state index is -0.955. The van der Waals surface area contributed by atoms with Gasteiger partial charge in [-0.05, 0) is 32.1 Å². The molecule has 0 saturated carbocycles. The summed E-state index contributed by atoms with van der Waals surface area (Å²) >= 11 is 0. The van der Waals surface area contributed by atoms with Gasteiger partial charge < -0.3 is 24.9 Å². The van der Waals surface area contributed by atoms with Gasteiger partial charge in [0.15, 0.2) is 0 Å². The van der Waals surface area contributed by atoms with E-state index in [0.29, 0.717) is 17.8 Å². The number of allylic oxidation sites excluding steroid dienone is 2. The van der Waals surface area contributed by atoms with Gasteiger partial charge in [-0.3, -0.25) is 0 Å². The molecule has 0 spiro atoms. The van der Waals surface area contributed by atoms with Gasteiger partial charge in [-0.25, -0.2) is 19.1 Å². The van der Waals surface area contributed by atoms with Crippen LogP contribution in [-0.4, -0.2) is 39.6 Å². The highest BCUT2D eigenvalue weighted by atomic mass is 16.6. The number of dihydropyridines is 1. The highest BCUT2D eigenvalue weighted by Crippen LogP contribution is 2.39. The summed E-state index contributed by atoms with van der Waals surface area (Å²) in [5.74, 6) is -2.26. The highest BCUT2D eigenvalue weighted by Gasteiger charge is 2.42. The summed E-state index contributed by atoms with van der Waals surface area (Å²) in [7, 11) is 1.47. The molecule has 0 amide bonds. The van der Waals surface area contributed by atoms with E-state index in [1.54, 1.807) is 20.8 Å². The van der Waals surface area contributed by atoms with Crippen LogP contribution in [0.2, 0.25) is 0 Å². The number of hydrogen-bond donors (Lipinski definition) is 1. The van der Waals surface area contributed by atoms with E-state index in [-0.39, 0.29) is 36.0 Å². The van der Waals surface area contributed by atoms with E-state index >= 15 is 0 Å². The number of ether oxygens (including phenoxy) is 2. The molecular weight excluding hydrogens is 380 g/mol. The molecule has 0 radical (unpaired) electrons. The third-order valence-electron chi connectivity index (χ3n) is 4.65. The van der Waals surface area contributed by atoms with Crippen molar-refractivity contribution in [2.75, 3.05) is 13.2 Å². The Morgan fingerprint density at radius 3 is 2.28 bits per heavy atom. The lowest BCUT2D eigenvalue weighted by Gasteiger charge is -2.28. The number of hydrogen-bond acceptors (Lipinski definition) is 8. The molecule has 1 aromatic heterocycles. The molecule has 0 aliphatic carbocycles. The molecule has 1 N–H and O–H groups in total. The van der Waals surface area contributed by atoms with Gasteiger partial charge in [0.1, 0.15) is 12.1 Å². The molecule has 2 heterocycles. The molecule has 0 fully saturated rings. The van der Waals surface area contributed by atoms with Crippen LogP contribution in [-0.2, 0) is 26.1 Å². The van der Waals surface area contributed by atoms with Crippen molar-refractivity contribution in [3.05, 3.63) is 44.7 Å². The van der Waals surface area contributed by atoms with Crippen molar-refractivity contribution in [3.8, 4) is 0 Å². The number of imidazole rings is 1. The fourth-order valence-electron chi connectivity index (χ4n) is 3.24. The summed E-state index contributed by atoms with van der Waals surface area (Å²) in [6.45, 7) is 7.39. The van der Waals surface area contributed by atoms with Crippen molar-refractivity contribution in [1.29, 1.82) is 0 Å². The molecule has 1 aliphatic rings. The Bertz CT molecular complexity index is 883. The summed E-state index contributed by atoms with van der Waals surface area (Å²) in [5, 5.41) is 14.3. The monoisotopic (exact) mass is 406 g/mol. The average Bonchev–Trinajstić information content (AvgIpc) is 3.02. The van der Waals surface area contributed by atoms with E-state index in [4.69, 9.17) is 9.47 Å². The van der Waals surface area contributed by atoms with E-state index < -0.39 is 22.8 Å². The molecule has 10 nitrogen and oxygen atoms in total. The number of nitrogens with one attached hydrogen (secondary N) is 1. The van der Waals surface area contributed by atoms with Crippen molar-refractivity contribution in [2.24, 2.45) is 7.05 Å². The summed E-state index contributed by atoms with van der Waals surface area (Å²) in [5.41, 5.74) is 1.33. The summed E-state index contributed by atoms with van der Waals surface area (Å²) in [4.78, 5) is 40.5. The Kier molecular flexibility index (Phi) is 7.13. The topological polar surface area (TPSA) is 126 Å². The van der Waals surface area contributed by atoms with Crippen LogP contribution in [0.15, 0.2) is 28.7 Å². The lowest BCUT2D eigenvalue weighted by molar-refractivity contribution is -0.391. The maximum absolute atomic E-state index is 12.9. The van der Waals surface area contributed by atoms with Crippen LogP contribution in [0.25, 0.3) is 0 Å². The normalized spacial score (nSPS) is 16.5. The van der Waals surface area contributed by atoms with Gasteiger partial charge in [-0.2, -0.15) is 0 Å². The lowest BCUT2D eigenvalue weighted by atomic mass is 9.84. The van der Waals surface area contributed by atoms with Gasteiger partial charge in [0.25, 0.3) is 0 Å². The van der Waals surface area contributed by atoms with Gasteiger partial charge in [-0.15, -0.1) is 0 Å². The molecule has 10 heteroatoms. The maximum Gasteiger partial charge on any atom is 0.342 e. The molecule has 29 heavy (non-hydrogen) atoms. The minimum absolute atomic E-state index is 0.141. The predicted octanol–water partition coefficient (Wildman–Crippen LogP) is 2.47. The zero-order valence-electron chi connectivity index (χ0n) is 17.3. The van der Waals surface area contributed by atoms with Crippen LogP contribution in [0, 0.1) is 10.1 Å². The van der Waals surface area contributed by atoms with Crippen molar-refractivity contribution in [2.45, 2.75) is 46.5 Å². The zero-order chi connectivity index (χ0) is 21.7. The second-order valence-electron chi connectivity index (χ2n) is 6.64. The van der Waals surface area contributed by atoms with E-state index in [2.05, 4.69) is 10.3 Å². The van der Waals surface area contributed by atoms with Crippen LogP contribution >= 0.6 is 0 Å². The Morgan fingerprint density at radius 1 is 1.21 bits per heavy atom. The number of aromatic nitrogens is 2. The zero-order valence-corrected chi connectivity index (χ0v) is 17.3. The maximum atomic E-state index is 12.9. The largest absolute Gasteiger partial charge is 0.463 e. The first-order valence-electron chi connectivity index (χ1n) is 9.43. The lowest BCUT2D eigenvalue weighted by Crippen LogP contribution is -2.33. The fourth-order valence-corrected chi connectivity index (χ4v) is 3.24. The molecule has 1 atom stereocenters. The number of esters is 2. The molecule has 1 aliphatic heterocycles. The van der Waals surface area contributed by atoms with Crippen LogP contribution < -0.4 is 5.32 Å². The number of carbonyl (C=O) groups excluding carboxylic acids is 2. The summed E-state index contributed by atoms with van der Waals surface area (Å²) in [6, 6.07) is 0. The van der Waals surface area contributed by atoms with Crippen molar-refractivity contribution < 1.29 is 24.0 Å². The molecule has 0 bridgehead atoms.